The SMILES string of the molecule is Cc1c(C(=O)N2CCN(c3ccc(Cl)cn3)CC2)sc2cccc(F)c12. The van der Waals surface area contributed by atoms with Crippen LogP contribution in [0.4, 0.5) is 10.2 Å². The number of thiophene rings is 1. The maximum Gasteiger partial charge on any atom is 0.264 e. The van der Waals surface area contributed by atoms with Crippen LogP contribution in [0.25, 0.3) is 10.1 Å². The van der Waals surface area contributed by atoms with E-state index in [-0.39, 0.29) is 11.7 Å². The predicted molar refractivity (Wildman–Crippen MR) is 104 cm³/mol. The molecular weight excluding hydrogens is 373 g/mol. The van der Waals surface area contributed by atoms with Gasteiger partial charge < -0.3 is 9.80 Å². The molecule has 134 valence electrons. The number of hydrogen-bond acceptors (Lipinski definition) is 4. The largest absolute Gasteiger partial charge is 0.353 e. The van der Waals surface area contributed by atoms with Gasteiger partial charge in [-0.2, -0.15) is 0 Å². The zero-order chi connectivity index (χ0) is 18.3. The van der Waals surface area contributed by atoms with Crippen LogP contribution in [0.2, 0.25) is 5.02 Å². The molecule has 0 saturated carbocycles. The Hall–Kier alpha value is -2.18. The molecule has 3 aromatic rings. The van der Waals surface area contributed by atoms with Gasteiger partial charge in [0.2, 0.25) is 0 Å². The standard InChI is InChI=1S/C19H17ClFN3OS/c1-12-17-14(21)3-2-4-15(17)26-18(12)19(25)24-9-7-23(8-10-24)16-6-5-13(20)11-22-16/h2-6,11H,7-10H2,1H3. The Labute approximate surface area is 159 Å². The molecule has 3 heterocycles. The maximum absolute atomic E-state index is 14.1. The first-order valence-electron chi connectivity index (χ1n) is 8.38. The number of anilines is 1. The van der Waals surface area contributed by atoms with E-state index in [2.05, 4.69) is 9.88 Å². The Morgan fingerprint density at radius 1 is 1.19 bits per heavy atom. The molecule has 0 spiro atoms. The lowest BCUT2D eigenvalue weighted by Crippen LogP contribution is -2.49. The second-order valence-corrected chi connectivity index (χ2v) is 7.77. The third-order valence-corrected chi connectivity index (χ3v) is 6.17. The highest BCUT2D eigenvalue weighted by Gasteiger charge is 2.26. The van der Waals surface area contributed by atoms with Gasteiger partial charge in [-0.3, -0.25) is 4.79 Å². The van der Waals surface area contributed by atoms with Gasteiger partial charge in [-0.05, 0) is 36.8 Å². The molecule has 0 atom stereocenters. The number of fused-ring (bicyclic) bond motifs is 1. The molecule has 1 saturated heterocycles. The van der Waals surface area contributed by atoms with Crippen LogP contribution < -0.4 is 4.90 Å². The van der Waals surface area contributed by atoms with Crippen molar-refractivity contribution in [3.8, 4) is 0 Å². The number of carbonyl (C=O) groups is 1. The van der Waals surface area contributed by atoms with Crippen molar-refractivity contribution in [3.05, 3.63) is 57.8 Å². The van der Waals surface area contributed by atoms with E-state index in [9.17, 15) is 9.18 Å². The molecule has 1 aliphatic rings. The number of halogens is 2. The molecule has 0 aliphatic carbocycles. The number of carbonyl (C=O) groups excluding carboxylic acids is 1. The second kappa shape index (κ2) is 6.85. The fraction of sp³-hybridized carbons (Fsp3) is 0.263. The van der Waals surface area contributed by atoms with Crippen LogP contribution in [0.15, 0.2) is 36.5 Å². The summed E-state index contributed by atoms with van der Waals surface area (Å²) >= 11 is 7.25. The monoisotopic (exact) mass is 389 g/mol. The van der Waals surface area contributed by atoms with Crippen LogP contribution in [0.3, 0.4) is 0 Å². The van der Waals surface area contributed by atoms with Crippen molar-refractivity contribution in [2.45, 2.75) is 6.92 Å². The number of rotatable bonds is 2. The van der Waals surface area contributed by atoms with Crippen molar-refractivity contribution in [2.24, 2.45) is 0 Å². The summed E-state index contributed by atoms with van der Waals surface area (Å²) in [6.45, 7) is 4.46. The molecule has 2 aromatic heterocycles. The summed E-state index contributed by atoms with van der Waals surface area (Å²) in [6, 6.07) is 8.68. The topological polar surface area (TPSA) is 36.4 Å². The molecular formula is C19H17ClFN3OS. The first-order valence-corrected chi connectivity index (χ1v) is 9.57. The van der Waals surface area contributed by atoms with Gasteiger partial charge in [0, 0.05) is 42.5 Å². The predicted octanol–water partition coefficient (Wildman–Crippen LogP) is 4.36. The Balaban J connectivity index is 1.51. The number of pyridine rings is 1. The smallest absolute Gasteiger partial charge is 0.264 e. The van der Waals surface area contributed by atoms with E-state index in [1.54, 1.807) is 12.3 Å². The molecule has 4 rings (SSSR count). The Morgan fingerprint density at radius 3 is 2.62 bits per heavy atom. The molecule has 4 nitrogen and oxygen atoms in total. The molecule has 26 heavy (non-hydrogen) atoms. The van der Waals surface area contributed by atoms with Crippen molar-refractivity contribution >= 4 is 44.7 Å². The summed E-state index contributed by atoms with van der Waals surface area (Å²) < 4.78 is 14.9. The molecule has 1 aliphatic heterocycles. The lowest BCUT2D eigenvalue weighted by atomic mass is 10.1. The Morgan fingerprint density at radius 2 is 1.96 bits per heavy atom. The lowest BCUT2D eigenvalue weighted by Gasteiger charge is -2.35. The Bertz CT molecular complexity index is 965. The van der Waals surface area contributed by atoms with E-state index < -0.39 is 0 Å². The van der Waals surface area contributed by atoms with Gasteiger partial charge in [-0.15, -0.1) is 11.3 Å². The van der Waals surface area contributed by atoms with Crippen molar-refractivity contribution < 1.29 is 9.18 Å². The number of piperazine rings is 1. The van der Waals surface area contributed by atoms with E-state index in [1.165, 1.54) is 17.4 Å². The molecule has 1 aromatic carbocycles. The molecule has 1 amide bonds. The maximum atomic E-state index is 14.1. The highest BCUT2D eigenvalue weighted by Crippen LogP contribution is 2.33. The average molecular weight is 390 g/mol. The highest BCUT2D eigenvalue weighted by atomic mass is 35.5. The van der Waals surface area contributed by atoms with Crippen LogP contribution in [0, 0.1) is 12.7 Å². The van der Waals surface area contributed by atoms with E-state index in [1.807, 2.05) is 30.0 Å². The molecule has 0 bridgehead atoms. The fourth-order valence-corrected chi connectivity index (χ4v) is 4.60. The van der Waals surface area contributed by atoms with Gasteiger partial charge >= 0.3 is 0 Å². The minimum absolute atomic E-state index is 0.0215. The highest BCUT2D eigenvalue weighted by molar-refractivity contribution is 7.21. The summed E-state index contributed by atoms with van der Waals surface area (Å²) in [4.78, 5) is 21.9. The van der Waals surface area contributed by atoms with E-state index in [0.717, 1.165) is 16.1 Å². The summed E-state index contributed by atoms with van der Waals surface area (Å²) in [7, 11) is 0. The molecule has 0 N–H and O–H groups in total. The van der Waals surface area contributed by atoms with Crippen LogP contribution in [-0.4, -0.2) is 42.0 Å². The molecule has 0 unspecified atom stereocenters. The first kappa shape index (κ1) is 17.2. The van der Waals surface area contributed by atoms with Crippen molar-refractivity contribution in [3.63, 3.8) is 0 Å². The molecule has 1 fully saturated rings. The fourth-order valence-electron chi connectivity index (χ4n) is 3.29. The van der Waals surface area contributed by atoms with Crippen LogP contribution in [0.1, 0.15) is 15.2 Å². The zero-order valence-corrected chi connectivity index (χ0v) is 15.8. The quantitative estimate of drug-likeness (QED) is 0.653. The molecule has 0 radical (unpaired) electrons. The zero-order valence-electron chi connectivity index (χ0n) is 14.2. The first-order chi connectivity index (χ1) is 12.5. The van der Waals surface area contributed by atoms with Crippen molar-refractivity contribution in [1.82, 2.24) is 9.88 Å². The number of aryl methyl sites for hydroxylation is 1. The van der Waals surface area contributed by atoms with Crippen molar-refractivity contribution in [2.75, 3.05) is 31.1 Å². The summed E-state index contributed by atoms with van der Waals surface area (Å²) in [5.41, 5.74) is 0.731. The van der Waals surface area contributed by atoms with Gasteiger partial charge in [0.05, 0.1) is 9.90 Å². The van der Waals surface area contributed by atoms with Gasteiger partial charge in [0.1, 0.15) is 11.6 Å². The van der Waals surface area contributed by atoms with Gasteiger partial charge in [-0.25, -0.2) is 9.37 Å². The summed E-state index contributed by atoms with van der Waals surface area (Å²) in [5.74, 6) is 0.572. The Kier molecular flexibility index (Phi) is 4.54. The molecule has 7 heteroatoms. The number of nitrogens with zero attached hydrogens (tertiary/aromatic N) is 3. The average Bonchev–Trinajstić information content (AvgIpc) is 3.00. The number of benzene rings is 1. The van der Waals surface area contributed by atoms with Gasteiger partial charge in [0.15, 0.2) is 0 Å². The minimum atomic E-state index is -0.270. The second-order valence-electron chi connectivity index (χ2n) is 6.28. The summed E-state index contributed by atoms with van der Waals surface area (Å²) in [5, 5.41) is 1.17. The third-order valence-electron chi connectivity index (χ3n) is 4.70. The number of hydrogen-bond donors (Lipinski definition) is 0. The lowest BCUT2D eigenvalue weighted by molar-refractivity contribution is 0.0751. The van der Waals surface area contributed by atoms with Crippen molar-refractivity contribution in [1.29, 1.82) is 0 Å². The normalized spacial score (nSPS) is 14.9. The van der Waals surface area contributed by atoms with E-state index in [4.69, 9.17) is 11.6 Å². The van der Waals surface area contributed by atoms with Gasteiger partial charge in [0.25, 0.3) is 5.91 Å². The van der Waals surface area contributed by atoms with Crippen LogP contribution in [0.5, 0.6) is 0 Å². The summed E-state index contributed by atoms with van der Waals surface area (Å²) in [6.07, 6.45) is 1.63. The van der Waals surface area contributed by atoms with Gasteiger partial charge in [-0.1, -0.05) is 17.7 Å². The van der Waals surface area contributed by atoms with E-state index in [0.29, 0.717) is 41.5 Å². The third kappa shape index (κ3) is 3.04. The number of amides is 1. The minimum Gasteiger partial charge on any atom is -0.353 e. The van der Waals surface area contributed by atoms with Crippen LogP contribution >= 0.6 is 22.9 Å². The number of aromatic nitrogens is 1. The van der Waals surface area contributed by atoms with Crippen LogP contribution in [-0.2, 0) is 0 Å². The van der Waals surface area contributed by atoms with E-state index >= 15 is 0 Å².